The van der Waals surface area contributed by atoms with E-state index in [9.17, 15) is 4.79 Å². The standard InChI is InChI=1S/C11H10ClN3O2/c1-17-9-3-2-6(12)4-7(9)10-8(5-16)11(13)15-14-10/h2-5H,1H3,(H3,13,14,15). The third-order valence-electron chi connectivity index (χ3n) is 2.38. The van der Waals surface area contributed by atoms with Gasteiger partial charge in [0.05, 0.1) is 18.4 Å². The number of aromatic nitrogens is 2. The van der Waals surface area contributed by atoms with Crippen LogP contribution in [-0.4, -0.2) is 23.6 Å². The van der Waals surface area contributed by atoms with Gasteiger partial charge in [-0.3, -0.25) is 9.89 Å². The van der Waals surface area contributed by atoms with Crippen LogP contribution in [-0.2, 0) is 0 Å². The highest BCUT2D eigenvalue weighted by atomic mass is 35.5. The predicted octanol–water partition coefficient (Wildman–Crippen LogP) is 2.13. The second-order valence-corrected chi connectivity index (χ2v) is 3.80. The van der Waals surface area contributed by atoms with Gasteiger partial charge in [0.1, 0.15) is 5.75 Å². The van der Waals surface area contributed by atoms with Crippen molar-refractivity contribution in [2.24, 2.45) is 0 Å². The summed E-state index contributed by atoms with van der Waals surface area (Å²) in [5.74, 6) is 0.734. The molecule has 0 saturated heterocycles. The fourth-order valence-electron chi connectivity index (χ4n) is 1.56. The molecule has 0 radical (unpaired) electrons. The Kier molecular flexibility index (Phi) is 3.01. The minimum atomic E-state index is 0.150. The molecule has 0 amide bonds. The summed E-state index contributed by atoms with van der Waals surface area (Å²) < 4.78 is 5.20. The number of hydrogen-bond acceptors (Lipinski definition) is 4. The minimum absolute atomic E-state index is 0.150. The summed E-state index contributed by atoms with van der Waals surface area (Å²) in [5.41, 5.74) is 7.01. The van der Waals surface area contributed by atoms with Gasteiger partial charge in [0.2, 0.25) is 0 Å². The van der Waals surface area contributed by atoms with E-state index in [-0.39, 0.29) is 5.82 Å². The van der Waals surface area contributed by atoms with Crippen LogP contribution in [0.5, 0.6) is 5.75 Å². The number of rotatable bonds is 3. The van der Waals surface area contributed by atoms with Gasteiger partial charge >= 0.3 is 0 Å². The summed E-state index contributed by atoms with van der Waals surface area (Å²) in [4.78, 5) is 11.0. The molecular weight excluding hydrogens is 242 g/mol. The van der Waals surface area contributed by atoms with E-state index in [0.29, 0.717) is 33.9 Å². The van der Waals surface area contributed by atoms with Gasteiger partial charge in [-0.15, -0.1) is 0 Å². The summed E-state index contributed by atoms with van der Waals surface area (Å²) >= 11 is 5.92. The van der Waals surface area contributed by atoms with Gasteiger partial charge in [-0.25, -0.2) is 0 Å². The van der Waals surface area contributed by atoms with Gasteiger partial charge in [0.25, 0.3) is 0 Å². The van der Waals surface area contributed by atoms with Crippen molar-refractivity contribution in [3.8, 4) is 17.0 Å². The van der Waals surface area contributed by atoms with Crippen molar-refractivity contribution < 1.29 is 9.53 Å². The number of anilines is 1. The zero-order valence-electron chi connectivity index (χ0n) is 9.03. The average Bonchev–Trinajstić information content (AvgIpc) is 2.70. The van der Waals surface area contributed by atoms with Crippen LogP contribution in [0.25, 0.3) is 11.3 Å². The van der Waals surface area contributed by atoms with Gasteiger partial charge in [-0.1, -0.05) is 11.6 Å². The molecular formula is C11H10ClN3O2. The van der Waals surface area contributed by atoms with E-state index in [1.165, 1.54) is 7.11 Å². The lowest BCUT2D eigenvalue weighted by molar-refractivity contribution is 0.112. The van der Waals surface area contributed by atoms with Gasteiger partial charge in [0.15, 0.2) is 12.1 Å². The Morgan fingerprint density at radius 2 is 2.29 bits per heavy atom. The second kappa shape index (κ2) is 4.47. The van der Waals surface area contributed by atoms with Crippen molar-refractivity contribution in [3.05, 3.63) is 28.8 Å². The summed E-state index contributed by atoms with van der Waals surface area (Å²) in [7, 11) is 1.53. The van der Waals surface area contributed by atoms with Crippen LogP contribution in [0.4, 0.5) is 5.82 Å². The molecule has 88 valence electrons. The smallest absolute Gasteiger partial charge is 0.156 e. The molecule has 6 heteroatoms. The fourth-order valence-corrected chi connectivity index (χ4v) is 1.74. The largest absolute Gasteiger partial charge is 0.496 e. The number of nitrogens with one attached hydrogen (secondary N) is 1. The summed E-state index contributed by atoms with van der Waals surface area (Å²) in [5, 5.41) is 7.02. The number of aromatic amines is 1. The number of H-pyrrole nitrogens is 1. The summed E-state index contributed by atoms with van der Waals surface area (Å²) in [6.45, 7) is 0. The number of ether oxygens (including phenoxy) is 1. The zero-order valence-corrected chi connectivity index (χ0v) is 9.78. The molecule has 1 aromatic heterocycles. The number of benzene rings is 1. The number of carbonyl (C=O) groups is 1. The van der Waals surface area contributed by atoms with Crippen molar-refractivity contribution >= 4 is 23.7 Å². The van der Waals surface area contributed by atoms with E-state index in [1.54, 1.807) is 18.2 Å². The quantitative estimate of drug-likeness (QED) is 0.819. The first-order valence-electron chi connectivity index (χ1n) is 4.80. The molecule has 1 heterocycles. The Morgan fingerprint density at radius 1 is 1.53 bits per heavy atom. The second-order valence-electron chi connectivity index (χ2n) is 3.36. The molecule has 0 aliphatic carbocycles. The van der Waals surface area contributed by atoms with Crippen LogP contribution in [0.1, 0.15) is 10.4 Å². The summed E-state index contributed by atoms with van der Waals surface area (Å²) in [6, 6.07) is 5.09. The maximum Gasteiger partial charge on any atom is 0.156 e. The lowest BCUT2D eigenvalue weighted by atomic mass is 10.1. The first kappa shape index (κ1) is 11.5. The molecule has 0 unspecified atom stereocenters. The Bertz CT molecular complexity index is 566. The number of hydrogen-bond donors (Lipinski definition) is 2. The van der Waals surface area contributed by atoms with Crippen molar-refractivity contribution in [2.75, 3.05) is 12.8 Å². The molecule has 5 nitrogen and oxygen atoms in total. The van der Waals surface area contributed by atoms with Crippen LogP contribution >= 0.6 is 11.6 Å². The van der Waals surface area contributed by atoms with Crippen LogP contribution in [0.2, 0.25) is 5.02 Å². The number of nitrogens with zero attached hydrogens (tertiary/aromatic N) is 1. The minimum Gasteiger partial charge on any atom is -0.496 e. The Hall–Kier alpha value is -2.01. The van der Waals surface area contributed by atoms with Crippen LogP contribution in [0.3, 0.4) is 0 Å². The highest BCUT2D eigenvalue weighted by Gasteiger charge is 2.15. The lowest BCUT2D eigenvalue weighted by Crippen LogP contribution is -1.93. The van der Waals surface area contributed by atoms with Crippen molar-refractivity contribution in [2.45, 2.75) is 0 Å². The first-order valence-corrected chi connectivity index (χ1v) is 5.18. The molecule has 2 rings (SSSR count). The van der Waals surface area contributed by atoms with Gasteiger partial charge < -0.3 is 10.5 Å². The monoisotopic (exact) mass is 251 g/mol. The normalized spacial score (nSPS) is 10.2. The number of methoxy groups -OCH3 is 1. The average molecular weight is 252 g/mol. The van der Waals surface area contributed by atoms with E-state index in [1.807, 2.05) is 0 Å². The molecule has 2 aromatic rings. The maximum atomic E-state index is 11.0. The van der Waals surface area contributed by atoms with E-state index >= 15 is 0 Å². The predicted molar refractivity (Wildman–Crippen MR) is 65.4 cm³/mol. The van der Waals surface area contributed by atoms with Crippen molar-refractivity contribution in [1.82, 2.24) is 10.2 Å². The van der Waals surface area contributed by atoms with Crippen LogP contribution in [0.15, 0.2) is 18.2 Å². The first-order chi connectivity index (χ1) is 8.17. The molecule has 0 spiro atoms. The molecule has 17 heavy (non-hydrogen) atoms. The molecule has 0 bridgehead atoms. The molecule has 3 N–H and O–H groups in total. The maximum absolute atomic E-state index is 11.0. The lowest BCUT2D eigenvalue weighted by Gasteiger charge is -2.07. The molecule has 0 atom stereocenters. The highest BCUT2D eigenvalue weighted by molar-refractivity contribution is 6.31. The van der Waals surface area contributed by atoms with Gasteiger partial charge in [0, 0.05) is 10.6 Å². The van der Waals surface area contributed by atoms with Crippen LogP contribution < -0.4 is 10.5 Å². The molecule has 0 saturated carbocycles. The highest BCUT2D eigenvalue weighted by Crippen LogP contribution is 2.34. The zero-order chi connectivity index (χ0) is 12.4. The van der Waals surface area contributed by atoms with Crippen molar-refractivity contribution in [3.63, 3.8) is 0 Å². The fraction of sp³-hybridized carbons (Fsp3) is 0.0909. The van der Waals surface area contributed by atoms with Crippen LogP contribution in [0, 0.1) is 0 Å². The third kappa shape index (κ3) is 1.97. The molecule has 0 fully saturated rings. The number of halogens is 1. The van der Waals surface area contributed by atoms with Gasteiger partial charge in [-0.05, 0) is 18.2 Å². The Balaban J connectivity index is 2.66. The molecule has 0 aliphatic heterocycles. The van der Waals surface area contributed by atoms with Gasteiger partial charge in [-0.2, -0.15) is 5.10 Å². The number of carbonyl (C=O) groups excluding carboxylic acids is 1. The third-order valence-corrected chi connectivity index (χ3v) is 2.62. The SMILES string of the molecule is COc1ccc(Cl)cc1-c1[nH]nc(N)c1C=O. The van der Waals surface area contributed by atoms with Crippen molar-refractivity contribution in [1.29, 1.82) is 0 Å². The van der Waals surface area contributed by atoms with E-state index in [4.69, 9.17) is 22.1 Å². The molecule has 1 aromatic carbocycles. The van der Waals surface area contributed by atoms with E-state index < -0.39 is 0 Å². The molecule has 0 aliphatic rings. The summed E-state index contributed by atoms with van der Waals surface area (Å²) in [6.07, 6.45) is 0.647. The Labute approximate surface area is 103 Å². The van der Waals surface area contributed by atoms with E-state index in [0.717, 1.165) is 0 Å². The number of nitrogen functional groups attached to an aromatic ring is 1. The number of aldehydes is 1. The number of nitrogens with two attached hydrogens (primary N) is 1. The Morgan fingerprint density at radius 3 is 2.94 bits per heavy atom. The topological polar surface area (TPSA) is 81.0 Å². The van der Waals surface area contributed by atoms with E-state index in [2.05, 4.69) is 10.2 Å².